The Hall–Kier alpha value is -3.06. The molecule has 0 amide bonds. The molecule has 6 rings (SSSR count). The Bertz CT molecular complexity index is 1380. The third-order valence-corrected chi connectivity index (χ3v) is 8.78. The van der Waals surface area contributed by atoms with Gasteiger partial charge < -0.3 is 18.9 Å². The highest BCUT2D eigenvalue weighted by Gasteiger charge is 2.37. The molecule has 2 aliphatic rings. The van der Waals surface area contributed by atoms with Crippen molar-refractivity contribution in [2.45, 2.75) is 5.60 Å². The molecule has 2 aliphatic heterocycles. The zero-order valence-corrected chi connectivity index (χ0v) is 23.5. The molecule has 39 heavy (non-hydrogen) atoms. The quantitative estimate of drug-likeness (QED) is 0.255. The van der Waals surface area contributed by atoms with Crippen molar-refractivity contribution in [2.24, 2.45) is 0 Å². The molecule has 0 spiro atoms. The number of hydrogen-bond acceptors (Lipinski definition) is 6. The van der Waals surface area contributed by atoms with Gasteiger partial charge in [-0.1, -0.05) is 66.7 Å². The van der Waals surface area contributed by atoms with Crippen molar-refractivity contribution < 1.29 is 18.9 Å². The highest BCUT2D eigenvalue weighted by molar-refractivity contribution is 7.99. The Balaban J connectivity index is 1.37. The standard InChI is InChI=1S/C33H32O4S2/c1-3-7-26(8-4-1)33(27-9-5-2-6-10-27)14-13-28-29-24-32-31(23-25(29)11-12-30(28)37-33)35-17-21-38-19-15-34-16-20-39-22-18-36-32/h1-14,23-24H,15-22H2. The minimum atomic E-state index is -0.701. The Kier molecular flexibility index (Phi) is 8.33. The number of thioether (sulfide) groups is 2. The maximum atomic E-state index is 6.92. The zero-order valence-electron chi connectivity index (χ0n) is 21.8. The molecule has 4 aromatic carbocycles. The van der Waals surface area contributed by atoms with Crippen molar-refractivity contribution >= 4 is 40.4 Å². The first-order valence-corrected chi connectivity index (χ1v) is 15.7. The van der Waals surface area contributed by atoms with Crippen molar-refractivity contribution in [1.82, 2.24) is 0 Å². The van der Waals surface area contributed by atoms with E-state index in [9.17, 15) is 0 Å². The predicted molar refractivity (Wildman–Crippen MR) is 164 cm³/mol. The molecule has 0 unspecified atom stereocenters. The van der Waals surface area contributed by atoms with Gasteiger partial charge in [-0.3, -0.25) is 0 Å². The topological polar surface area (TPSA) is 36.9 Å². The Morgan fingerprint density at radius 3 is 1.82 bits per heavy atom. The Morgan fingerprint density at radius 1 is 0.590 bits per heavy atom. The second-order valence-electron chi connectivity index (χ2n) is 9.43. The van der Waals surface area contributed by atoms with Crippen LogP contribution in [-0.4, -0.2) is 49.4 Å². The fourth-order valence-electron chi connectivity index (χ4n) is 5.04. The maximum absolute atomic E-state index is 6.92. The number of rotatable bonds is 2. The summed E-state index contributed by atoms with van der Waals surface area (Å²) in [5, 5.41) is 2.19. The van der Waals surface area contributed by atoms with Gasteiger partial charge in [0.15, 0.2) is 17.1 Å². The lowest BCUT2D eigenvalue weighted by Crippen LogP contribution is -2.34. The summed E-state index contributed by atoms with van der Waals surface area (Å²) in [7, 11) is 0. The van der Waals surface area contributed by atoms with Gasteiger partial charge in [0.25, 0.3) is 0 Å². The summed E-state index contributed by atoms with van der Waals surface area (Å²) < 4.78 is 25.1. The van der Waals surface area contributed by atoms with Crippen molar-refractivity contribution in [3.63, 3.8) is 0 Å². The van der Waals surface area contributed by atoms with Gasteiger partial charge in [0.1, 0.15) is 5.75 Å². The molecule has 0 saturated carbocycles. The SMILES string of the molecule is C1=CC(c2ccccc2)(c2ccccc2)Oc2ccc3cc4c(cc3c21)OCCSCCOCCSCCO4. The van der Waals surface area contributed by atoms with Crippen LogP contribution in [0.4, 0.5) is 0 Å². The molecule has 4 nitrogen and oxygen atoms in total. The highest BCUT2D eigenvalue weighted by Crippen LogP contribution is 2.45. The van der Waals surface area contributed by atoms with Gasteiger partial charge in [0.2, 0.25) is 0 Å². The third kappa shape index (κ3) is 5.79. The van der Waals surface area contributed by atoms with Crippen LogP contribution in [0.5, 0.6) is 17.2 Å². The molecule has 0 saturated heterocycles. The second kappa shape index (κ2) is 12.4. The summed E-state index contributed by atoms with van der Waals surface area (Å²) in [6.07, 6.45) is 4.38. The number of fused-ring (bicyclic) bond motifs is 4. The minimum Gasteiger partial charge on any atom is -0.489 e. The van der Waals surface area contributed by atoms with E-state index in [1.54, 1.807) is 0 Å². The molecule has 0 aromatic heterocycles. The van der Waals surface area contributed by atoms with Gasteiger partial charge in [0, 0.05) is 39.7 Å². The smallest absolute Gasteiger partial charge is 0.178 e. The lowest BCUT2D eigenvalue weighted by atomic mass is 9.83. The van der Waals surface area contributed by atoms with E-state index in [4.69, 9.17) is 18.9 Å². The highest BCUT2D eigenvalue weighted by atomic mass is 32.2. The first kappa shape index (κ1) is 26.2. The van der Waals surface area contributed by atoms with Crippen LogP contribution < -0.4 is 14.2 Å². The van der Waals surface area contributed by atoms with Crippen LogP contribution in [0.3, 0.4) is 0 Å². The summed E-state index contributed by atoms with van der Waals surface area (Å²) >= 11 is 3.71. The molecule has 0 aliphatic carbocycles. The summed E-state index contributed by atoms with van der Waals surface area (Å²) in [6.45, 7) is 2.83. The van der Waals surface area contributed by atoms with Gasteiger partial charge in [0.05, 0.1) is 26.4 Å². The minimum absolute atomic E-state index is 0.619. The van der Waals surface area contributed by atoms with Crippen molar-refractivity contribution in [3.8, 4) is 17.2 Å². The first-order valence-electron chi connectivity index (χ1n) is 13.4. The summed E-state index contributed by atoms with van der Waals surface area (Å²) in [5.74, 6) is 6.21. The zero-order chi connectivity index (χ0) is 26.3. The first-order chi connectivity index (χ1) is 19.3. The van der Waals surface area contributed by atoms with E-state index in [0.29, 0.717) is 13.2 Å². The molecule has 200 valence electrons. The van der Waals surface area contributed by atoms with Gasteiger partial charge in [-0.2, -0.15) is 23.5 Å². The van der Waals surface area contributed by atoms with Gasteiger partial charge >= 0.3 is 0 Å². The van der Waals surface area contributed by atoms with Gasteiger partial charge in [-0.25, -0.2) is 0 Å². The van der Waals surface area contributed by atoms with Crippen LogP contribution >= 0.6 is 23.5 Å². The third-order valence-electron chi connectivity index (χ3n) is 6.96. The molecule has 0 radical (unpaired) electrons. The van der Waals surface area contributed by atoms with Crippen LogP contribution in [0.25, 0.3) is 16.8 Å². The van der Waals surface area contributed by atoms with E-state index in [0.717, 1.165) is 80.9 Å². The van der Waals surface area contributed by atoms with E-state index < -0.39 is 5.60 Å². The molecule has 2 heterocycles. The molecule has 0 bridgehead atoms. The largest absolute Gasteiger partial charge is 0.489 e. The monoisotopic (exact) mass is 556 g/mol. The number of benzene rings is 4. The van der Waals surface area contributed by atoms with E-state index in [2.05, 4.69) is 84.9 Å². The van der Waals surface area contributed by atoms with Crippen LogP contribution in [0.2, 0.25) is 0 Å². The summed E-state index contributed by atoms with van der Waals surface area (Å²) in [4.78, 5) is 0. The van der Waals surface area contributed by atoms with Crippen LogP contribution in [0.1, 0.15) is 16.7 Å². The predicted octanol–water partition coefficient (Wildman–Crippen LogP) is 7.44. The van der Waals surface area contributed by atoms with E-state index in [1.165, 1.54) is 0 Å². The summed E-state index contributed by atoms with van der Waals surface area (Å²) in [6, 6.07) is 29.3. The maximum Gasteiger partial charge on any atom is 0.178 e. The Morgan fingerprint density at radius 2 is 1.18 bits per heavy atom. The van der Waals surface area contributed by atoms with E-state index >= 15 is 0 Å². The fraction of sp³-hybridized carbons (Fsp3) is 0.273. The van der Waals surface area contributed by atoms with Gasteiger partial charge in [-0.15, -0.1) is 0 Å². The molecule has 4 aromatic rings. The lowest BCUT2D eigenvalue weighted by Gasteiger charge is -2.36. The fourth-order valence-corrected chi connectivity index (χ4v) is 6.32. The van der Waals surface area contributed by atoms with E-state index in [1.807, 2.05) is 35.7 Å². The average Bonchev–Trinajstić information content (AvgIpc) is 3.00. The second-order valence-corrected chi connectivity index (χ2v) is 11.9. The Labute approximate surface area is 238 Å². The summed E-state index contributed by atoms with van der Waals surface area (Å²) in [5.41, 5.74) is 2.54. The average molecular weight is 557 g/mol. The normalized spacial score (nSPS) is 17.8. The van der Waals surface area contributed by atoms with Crippen molar-refractivity contribution in [3.05, 3.63) is 108 Å². The molecule has 0 fully saturated rings. The van der Waals surface area contributed by atoms with Crippen LogP contribution in [0, 0.1) is 0 Å². The van der Waals surface area contributed by atoms with Crippen molar-refractivity contribution in [1.29, 1.82) is 0 Å². The number of ether oxygens (including phenoxy) is 4. The molecule has 0 N–H and O–H groups in total. The van der Waals surface area contributed by atoms with Gasteiger partial charge in [-0.05, 0) is 41.1 Å². The molecule has 6 heteroatoms. The lowest BCUT2D eigenvalue weighted by molar-refractivity contribution is 0.161. The molecule has 0 atom stereocenters. The number of hydrogen-bond donors (Lipinski definition) is 0. The molecular weight excluding hydrogens is 524 g/mol. The van der Waals surface area contributed by atoms with Crippen LogP contribution in [-0.2, 0) is 10.3 Å². The van der Waals surface area contributed by atoms with Crippen LogP contribution in [0.15, 0.2) is 91.0 Å². The molecular formula is C33H32O4S2. The van der Waals surface area contributed by atoms with Crippen molar-refractivity contribution in [2.75, 3.05) is 49.4 Å². The van der Waals surface area contributed by atoms with E-state index in [-0.39, 0.29) is 0 Å².